The van der Waals surface area contributed by atoms with Crippen molar-refractivity contribution in [2.75, 3.05) is 14.2 Å². The molecule has 0 bridgehead atoms. The summed E-state index contributed by atoms with van der Waals surface area (Å²) in [6, 6.07) is 4.95. The van der Waals surface area contributed by atoms with E-state index in [1.54, 1.807) is 25.3 Å². The van der Waals surface area contributed by atoms with Crippen molar-refractivity contribution < 1.29 is 19.0 Å². The molecule has 0 aliphatic rings. The zero-order valence-electron chi connectivity index (χ0n) is 10.9. The third-order valence-electron chi connectivity index (χ3n) is 2.00. The minimum Gasteiger partial charge on any atom is -0.493 e. The fourth-order valence-corrected chi connectivity index (χ4v) is 1.33. The quantitative estimate of drug-likeness (QED) is 0.759. The first-order valence-corrected chi connectivity index (χ1v) is 5.33. The van der Waals surface area contributed by atoms with E-state index in [0.29, 0.717) is 17.1 Å². The summed E-state index contributed by atoms with van der Waals surface area (Å²) in [6.07, 6.45) is 0. The smallest absolute Gasteiger partial charge is 0.337 e. The number of hydrogen-bond acceptors (Lipinski definition) is 4. The molecule has 1 rings (SSSR count). The predicted octanol–water partition coefficient (Wildman–Crippen LogP) is 2.66. The monoisotopic (exact) mass is 238 g/mol. The molecule has 1 aromatic rings. The van der Waals surface area contributed by atoms with Gasteiger partial charge < -0.3 is 14.2 Å². The number of ether oxygens (including phenoxy) is 3. The highest BCUT2D eigenvalue weighted by molar-refractivity contribution is 5.90. The fraction of sp³-hybridized carbons (Fsp3) is 0.462. The lowest BCUT2D eigenvalue weighted by Gasteiger charge is -2.23. The van der Waals surface area contributed by atoms with Gasteiger partial charge in [-0.2, -0.15) is 0 Å². The van der Waals surface area contributed by atoms with E-state index in [4.69, 9.17) is 9.47 Å². The molecule has 94 valence electrons. The molecule has 0 saturated heterocycles. The van der Waals surface area contributed by atoms with Gasteiger partial charge in [-0.15, -0.1) is 0 Å². The summed E-state index contributed by atoms with van der Waals surface area (Å²) in [5.41, 5.74) is 0.0784. The summed E-state index contributed by atoms with van der Waals surface area (Å²) < 4.78 is 15.6. The number of hydrogen-bond donors (Lipinski definition) is 0. The van der Waals surface area contributed by atoms with E-state index in [9.17, 15) is 4.79 Å². The van der Waals surface area contributed by atoms with Gasteiger partial charge in [0.05, 0.1) is 19.8 Å². The van der Waals surface area contributed by atoms with Gasteiger partial charge in [-0.25, -0.2) is 4.79 Å². The van der Waals surface area contributed by atoms with E-state index in [2.05, 4.69) is 4.74 Å². The molecule has 0 aliphatic carbocycles. The van der Waals surface area contributed by atoms with Crippen LogP contribution in [0.25, 0.3) is 0 Å². The van der Waals surface area contributed by atoms with Crippen molar-refractivity contribution in [3.05, 3.63) is 23.8 Å². The van der Waals surface area contributed by atoms with Crippen LogP contribution in [0.3, 0.4) is 0 Å². The number of carbonyl (C=O) groups is 1. The molecule has 0 saturated carbocycles. The highest BCUT2D eigenvalue weighted by Crippen LogP contribution is 2.31. The van der Waals surface area contributed by atoms with Crippen LogP contribution in [-0.2, 0) is 4.74 Å². The summed E-state index contributed by atoms with van der Waals surface area (Å²) in [5, 5.41) is 0. The van der Waals surface area contributed by atoms with Crippen LogP contribution in [0.4, 0.5) is 0 Å². The maximum absolute atomic E-state index is 11.4. The van der Waals surface area contributed by atoms with E-state index < -0.39 is 5.97 Å². The number of methoxy groups -OCH3 is 2. The molecule has 0 aromatic heterocycles. The highest BCUT2D eigenvalue weighted by atomic mass is 16.5. The second-order valence-corrected chi connectivity index (χ2v) is 4.57. The number of carbonyl (C=O) groups excluding carboxylic acids is 1. The topological polar surface area (TPSA) is 44.8 Å². The molecule has 0 aliphatic heterocycles. The summed E-state index contributed by atoms with van der Waals surface area (Å²) in [4.78, 5) is 11.4. The standard InChI is InChI=1S/C13H18O4/c1-13(2,3)17-11-8-9(12(14)16-5)6-7-10(11)15-4/h6-8H,1-5H3. The lowest BCUT2D eigenvalue weighted by Crippen LogP contribution is -2.23. The highest BCUT2D eigenvalue weighted by Gasteiger charge is 2.17. The van der Waals surface area contributed by atoms with Crippen molar-refractivity contribution in [1.82, 2.24) is 0 Å². The van der Waals surface area contributed by atoms with Gasteiger partial charge >= 0.3 is 5.97 Å². The zero-order chi connectivity index (χ0) is 13.1. The van der Waals surface area contributed by atoms with Gasteiger partial charge in [-0.3, -0.25) is 0 Å². The molecule has 0 atom stereocenters. The van der Waals surface area contributed by atoms with Crippen LogP contribution in [0.1, 0.15) is 31.1 Å². The first kappa shape index (κ1) is 13.4. The Balaban J connectivity index is 3.11. The number of rotatable bonds is 3. The Hall–Kier alpha value is -1.71. The van der Waals surface area contributed by atoms with E-state index in [1.807, 2.05) is 20.8 Å². The molecular formula is C13H18O4. The van der Waals surface area contributed by atoms with Crippen LogP contribution in [-0.4, -0.2) is 25.8 Å². The molecule has 1 aromatic carbocycles. The maximum Gasteiger partial charge on any atom is 0.337 e. The Morgan fingerprint density at radius 3 is 2.24 bits per heavy atom. The molecule has 17 heavy (non-hydrogen) atoms. The Kier molecular flexibility index (Phi) is 3.99. The van der Waals surface area contributed by atoms with Gasteiger partial charge in [-0.1, -0.05) is 0 Å². The van der Waals surface area contributed by atoms with Crippen molar-refractivity contribution in [1.29, 1.82) is 0 Å². The first-order valence-electron chi connectivity index (χ1n) is 5.33. The Bertz CT molecular complexity index is 404. The van der Waals surface area contributed by atoms with Crippen LogP contribution >= 0.6 is 0 Å². The molecule has 4 heteroatoms. The maximum atomic E-state index is 11.4. The molecule has 0 amide bonds. The Labute approximate surface area is 101 Å². The SMILES string of the molecule is COC(=O)c1ccc(OC)c(OC(C)(C)C)c1. The predicted molar refractivity (Wildman–Crippen MR) is 64.7 cm³/mol. The molecule has 0 heterocycles. The van der Waals surface area contributed by atoms with Crippen LogP contribution in [0.5, 0.6) is 11.5 Å². The van der Waals surface area contributed by atoms with Gasteiger partial charge in [0.1, 0.15) is 5.60 Å². The second kappa shape index (κ2) is 5.08. The lowest BCUT2D eigenvalue weighted by molar-refractivity contribution is 0.0598. The Morgan fingerprint density at radius 1 is 1.12 bits per heavy atom. The Morgan fingerprint density at radius 2 is 1.76 bits per heavy atom. The van der Waals surface area contributed by atoms with Crippen LogP contribution in [0.15, 0.2) is 18.2 Å². The van der Waals surface area contributed by atoms with Crippen molar-refractivity contribution in [3.63, 3.8) is 0 Å². The molecule has 4 nitrogen and oxygen atoms in total. The van der Waals surface area contributed by atoms with Crippen LogP contribution in [0, 0.1) is 0 Å². The van der Waals surface area contributed by atoms with Crippen LogP contribution in [0.2, 0.25) is 0 Å². The van der Waals surface area contributed by atoms with Gasteiger partial charge in [0, 0.05) is 0 Å². The summed E-state index contributed by atoms with van der Waals surface area (Å²) in [7, 11) is 2.90. The zero-order valence-corrected chi connectivity index (χ0v) is 10.9. The molecule has 0 fully saturated rings. The number of esters is 1. The molecule has 0 spiro atoms. The van der Waals surface area contributed by atoms with Crippen molar-refractivity contribution in [2.24, 2.45) is 0 Å². The van der Waals surface area contributed by atoms with Gasteiger partial charge in [-0.05, 0) is 39.0 Å². The van der Waals surface area contributed by atoms with Gasteiger partial charge in [0.25, 0.3) is 0 Å². The van der Waals surface area contributed by atoms with E-state index in [-0.39, 0.29) is 5.60 Å². The van der Waals surface area contributed by atoms with Crippen LogP contribution < -0.4 is 9.47 Å². The summed E-state index contributed by atoms with van der Waals surface area (Å²) in [5.74, 6) is 0.724. The minimum atomic E-state index is -0.397. The van der Waals surface area contributed by atoms with E-state index >= 15 is 0 Å². The van der Waals surface area contributed by atoms with E-state index in [0.717, 1.165) is 0 Å². The minimum absolute atomic E-state index is 0.359. The average molecular weight is 238 g/mol. The summed E-state index contributed by atoms with van der Waals surface area (Å²) in [6.45, 7) is 5.78. The molecule has 0 N–H and O–H groups in total. The van der Waals surface area contributed by atoms with Gasteiger partial charge in [0.2, 0.25) is 0 Å². The molecule has 0 radical (unpaired) electrons. The third-order valence-corrected chi connectivity index (χ3v) is 2.00. The second-order valence-electron chi connectivity index (χ2n) is 4.57. The van der Waals surface area contributed by atoms with Gasteiger partial charge in [0.15, 0.2) is 11.5 Å². The van der Waals surface area contributed by atoms with Crippen molar-refractivity contribution in [2.45, 2.75) is 26.4 Å². The van der Waals surface area contributed by atoms with Crippen molar-refractivity contribution in [3.8, 4) is 11.5 Å². The molecular weight excluding hydrogens is 220 g/mol. The largest absolute Gasteiger partial charge is 0.493 e. The first-order chi connectivity index (χ1) is 7.87. The normalized spacial score (nSPS) is 10.9. The van der Waals surface area contributed by atoms with Crippen molar-refractivity contribution >= 4 is 5.97 Å². The summed E-state index contributed by atoms with van der Waals surface area (Å²) >= 11 is 0. The average Bonchev–Trinajstić information content (AvgIpc) is 2.25. The fourth-order valence-electron chi connectivity index (χ4n) is 1.33. The van der Waals surface area contributed by atoms with E-state index in [1.165, 1.54) is 7.11 Å². The molecule has 0 unspecified atom stereocenters. The third kappa shape index (κ3) is 3.66. The lowest BCUT2D eigenvalue weighted by atomic mass is 10.1. The number of benzene rings is 1.